The average molecular weight is 336 g/mol. The number of hydrogen-bond donors (Lipinski definition) is 1. The van der Waals surface area contributed by atoms with Crippen molar-refractivity contribution in [3.8, 4) is 5.75 Å². The van der Waals surface area contributed by atoms with Crippen molar-refractivity contribution in [2.45, 2.75) is 19.9 Å². The van der Waals surface area contributed by atoms with E-state index < -0.39 is 0 Å². The largest absolute Gasteiger partial charge is 0.494 e. The van der Waals surface area contributed by atoms with Crippen molar-refractivity contribution in [1.82, 2.24) is 10.3 Å². The Labute approximate surface area is 146 Å². The summed E-state index contributed by atoms with van der Waals surface area (Å²) in [6.45, 7) is 4.51. The van der Waals surface area contributed by atoms with Gasteiger partial charge in [0.1, 0.15) is 11.3 Å². The zero-order valence-electron chi connectivity index (χ0n) is 14.2. The molecule has 1 amide bonds. The fourth-order valence-corrected chi connectivity index (χ4v) is 2.47. The molecule has 0 saturated carbocycles. The Kier molecular flexibility index (Phi) is 5.14. The molecule has 128 valence electrons. The molecule has 0 spiro atoms. The van der Waals surface area contributed by atoms with Gasteiger partial charge in [-0.05, 0) is 43.7 Å². The number of nitrogens with one attached hydrogen (secondary N) is 1. The first kappa shape index (κ1) is 16.8. The van der Waals surface area contributed by atoms with Crippen LogP contribution in [0.4, 0.5) is 0 Å². The highest BCUT2D eigenvalue weighted by Crippen LogP contribution is 2.18. The first-order valence-corrected chi connectivity index (χ1v) is 8.22. The van der Waals surface area contributed by atoms with E-state index in [9.17, 15) is 4.79 Å². The van der Waals surface area contributed by atoms with Gasteiger partial charge in [-0.1, -0.05) is 24.3 Å². The molecule has 1 unspecified atom stereocenters. The second kappa shape index (κ2) is 7.66. The first-order chi connectivity index (χ1) is 12.2. The summed E-state index contributed by atoms with van der Waals surface area (Å²) in [7, 11) is 0. The maximum Gasteiger partial charge on any atom is 0.244 e. The van der Waals surface area contributed by atoms with Gasteiger partial charge in [-0.3, -0.25) is 4.79 Å². The third-order valence-corrected chi connectivity index (χ3v) is 3.74. The number of nitrogens with zero attached hydrogens (tertiary/aromatic N) is 1. The van der Waals surface area contributed by atoms with Gasteiger partial charge < -0.3 is 14.5 Å². The number of ether oxygens (including phenoxy) is 1. The van der Waals surface area contributed by atoms with E-state index in [4.69, 9.17) is 9.15 Å². The lowest BCUT2D eigenvalue weighted by molar-refractivity contribution is -0.117. The maximum absolute atomic E-state index is 12.1. The summed E-state index contributed by atoms with van der Waals surface area (Å²) in [4.78, 5) is 16.4. The van der Waals surface area contributed by atoms with Crippen LogP contribution in [0.5, 0.6) is 5.75 Å². The highest BCUT2D eigenvalue weighted by Gasteiger charge is 2.08. The second-order valence-corrected chi connectivity index (χ2v) is 5.59. The molecule has 1 aromatic heterocycles. The number of amides is 1. The highest BCUT2D eigenvalue weighted by atomic mass is 16.5. The molecule has 0 fully saturated rings. The molecular weight excluding hydrogens is 316 g/mol. The Hall–Kier alpha value is -3.08. The molecule has 5 heteroatoms. The fraction of sp³-hybridized carbons (Fsp3) is 0.200. The predicted octanol–water partition coefficient (Wildman–Crippen LogP) is 4.12. The van der Waals surface area contributed by atoms with E-state index in [1.54, 1.807) is 6.08 Å². The summed E-state index contributed by atoms with van der Waals surface area (Å²) in [6, 6.07) is 15.1. The van der Waals surface area contributed by atoms with Gasteiger partial charge in [-0.2, -0.15) is 0 Å². The third-order valence-electron chi connectivity index (χ3n) is 3.74. The van der Waals surface area contributed by atoms with E-state index in [1.165, 1.54) is 6.08 Å². The smallest absolute Gasteiger partial charge is 0.244 e. The van der Waals surface area contributed by atoms with Crippen molar-refractivity contribution in [2.75, 3.05) is 6.61 Å². The number of para-hydroxylation sites is 2. The Balaban J connectivity index is 1.61. The summed E-state index contributed by atoms with van der Waals surface area (Å²) < 4.78 is 11.0. The average Bonchev–Trinajstić information content (AvgIpc) is 3.04. The van der Waals surface area contributed by atoms with E-state index in [2.05, 4.69) is 10.3 Å². The molecular formula is C20H20N2O3. The molecule has 0 saturated heterocycles. The molecule has 1 heterocycles. The van der Waals surface area contributed by atoms with Gasteiger partial charge in [-0.15, -0.1) is 0 Å². The molecule has 3 rings (SSSR count). The standard InChI is InChI=1S/C20H20N2O3/c1-3-24-16-10-8-15(9-11-16)14(2)21-19(23)12-13-20-22-17-6-4-5-7-18(17)25-20/h4-14H,3H2,1-2H3,(H,21,23)/b13-12+. The van der Waals surface area contributed by atoms with Crippen molar-refractivity contribution < 1.29 is 13.9 Å². The van der Waals surface area contributed by atoms with E-state index in [1.807, 2.05) is 62.4 Å². The zero-order chi connectivity index (χ0) is 17.6. The van der Waals surface area contributed by atoms with Crippen molar-refractivity contribution >= 4 is 23.1 Å². The van der Waals surface area contributed by atoms with Crippen molar-refractivity contribution in [3.63, 3.8) is 0 Å². The van der Waals surface area contributed by atoms with Gasteiger partial charge in [0, 0.05) is 12.2 Å². The normalized spacial score (nSPS) is 12.4. The highest BCUT2D eigenvalue weighted by molar-refractivity contribution is 5.91. The minimum absolute atomic E-state index is 0.114. The molecule has 2 aromatic carbocycles. The van der Waals surface area contributed by atoms with Crippen LogP contribution in [0.3, 0.4) is 0 Å². The molecule has 3 aromatic rings. The number of oxazole rings is 1. The first-order valence-electron chi connectivity index (χ1n) is 8.22. The SMILES string of the molecule is CCOc1ccc(C(C)NC(=O)/C=C/c2nc3ccccc3o2)cc1. The van der Waals surface area contributed by atoms with Crippen LogP contribution < -0.4 is 10.1 Å². The minimum Gasteiger partial charge on any atom is -0.494 e. The molecule has 0 radical (unpaired) electrons. The van der Waals surface area contributed by atoms with Crippen molar-refractivity contribution in [1.29, 1.82) is 0 Å². The lowest BCUT2D eigenvalue weighted by Gasteiger charge is -2.13. The maximum atomic E-state index is 12.1. The summed E-state index contributed by atoms with van der Waals surface area (Å²) in [5.41, 5.74) is 2.47. The molecule has 1 N–H and O–H groups in total. The van der Waals surface area contributed by atoms with Gasteiger partial charge in [0.2, 0.25) is 11.8 Å². The quantitative estimate of drug-likeness (QED) is 0.688. The topological polar surface area (TPSA) is 64.4 Å². The summed E-state index contributed by atoms with van der Waals surface area (Å²) >= 11 is 0. The zero-order valence-corrected chi connectivity index (χ0v) is 14.2. The Morgan fingerprint density at radius 3 is 2.72 bits per heavy atom. The van der Waals surface area contributed by atoms with Crippen LogP contribution in [0.25, 0.3) is 17.2 Å². The summed E-state index contributed by atoms with van der Waals surface area (Å²) in [5, 5.41) is 2.92. The predicted molar refractivity (Wildman–Crippen MR) is 97.2 cm³/mol. The number of carbonyl (C=O) groups excluding carboxylic acids is 1. The lowest BCUT2D eigenvalue weighted by atomic mass is 10.1. The van der Waals surface area contributed by atoms with Crippen LogP contribution in [-0.2, 0) is 4.79 Å². The van der Waals surface area contributed by atoms with Crippen molar-refractivity contribution in [2.24, 2.45) is 0 Å². The number of benzene rings is 2. The van der Waals surface area contributed by atoms with Crippen LogP contribution >= 0.6 is 0 Å². The number of fused-ring (bicyclic) bond motifs is 1. The van der Waals surface area contributed by atoms with Gasteiger partial charge in [0.05, 0.1) is 12.6 Å². The van der Waals surface area contributed by atoms with Crippen LogP contribution in [0.1, 0.15) is 31.3 Å². The van der Waals surface area contributed by atoms with E-state index in [0.29, 0.717) is 18.1 Å². The third kappa shape index (κ3) is 4.26. The molecule has 1 atom stereocenters. The van der Waals surface area contributed by atoms with Crippen LogP contribution in [0.15, 0.2) is 59.0 Å². The molecule has 25 heavy (non-hydrogen) atoms. The summed E-state index contributed by atoms with van der Waals surface area (Å²) in [5.74, 6) is 1.02. The van der Waals surface area contributed by atoms with Crippen LogP contribution in [0.2, 0.25) is 0 Å². The van der Waals surface area contributed by atoms with Crippen LogP contribution in [0, 0.1) is 0 Å². The molecule has 0 aliphatic carbocycles. The lowest BCUT2D eigenvalue weighted by Crippen LogP contribution is -2.24. The number of hydrogen-bond acceptors (Lipinski definition) is 4. The summed E-state index contributed by atoms with van der Waals surface area (Å²) in [6.07, 6.45) is 3.00. The van der Waals surface area contributed by atoms with Crippen LogP contribution in [-0.4, -0.2) is 17.5 Å². The second-order valence-electron chi connectivity index (χ2n) is 5.59. The Bertz CT molecular complexity index is 848. The van der Waals surface area contributed by atoms with E-state index in [-0.39, 0.29) is 11.9 Å². The minimum atomic E-state index is -0.205. The van der Waals surface area contributed by atoms with E-state index >= 15 is 0 Å². The number of rotatable bonds is 6. The molecule has 0 bridgehead atoms. The Morgan fingerprint density at radius 2 is 2.00 bits per heavy atom. The van der Waals surface area contributed by atoms with Gasteiger partial charge in [0.25, 0.3) is 0 Å². The number of aromatic nitrogens is 1. The Morgan fingerprint density at radius 1 is 1.24 bits per heavy atom. The number of carbonyl (C=O) groups is 1. The monoisotopic (exact) mass is 336 g/mol. The van der Waals surface area contributed by atoms with Crippen molar-refractivity contribution in [3.05, 3.63) is 66.1 Å². The molecule has 0 aliphatic heterocycles. The van der Waals surface area contributed by atoms with E-state index in [0.717, 1.165) is 16.8 Å². The van der Waals surface area contributed by atoms with Gasteiger partial charge in [-0.25, -0.2) is 4.98 Å². The van der Waals surface area contributed by atoms with Gasteiger partial charge >= 0.3 is 0 Å². The van der Waals surface area contributed by atoms with Gasteiger partial charge in [0.15, 0.2) is 5.58 Å². The molecule has 5 nitrogen and oxygen atoms in total. The molecule has 0 aliphatic rings. The fourth-order valence-electron chi connectivity index (χ4n) is 2.47.